The van der Waals surface area contributed by atoms with Crippen molar-refractivity contribution in [2.45, 2.75) is 18.7 Å². The number of esters is 1. The van der Waals surface area contributed by atoms with Crippen LogP contribution < -0.4 is 19.6 Å². The molecule has 8 heteroatoms. The van der Waals surface area contributed by atoms with Crippen LogP contribution in [-0.2, 0) is 9.53 Å². The summed E-state index contributed by atoms with van der Waals surface area (Å²) in [6, 6.07) is 14.8. The van der Waals surface area contributed by atoms with Crippen LogP contribution in [0.3, 0.4) is 0 Å². The van der Waals surface area contributed by atoms with Gasteiger partial charge in [0.1, 0.15) is 11.7 Å². The summed E-state index contributed by atoms with van der Waals surface area (Å²) < 4.78 is 14.5. The Kier molecular flexibility index (Phi) is 4.59. The van der Waals surface area contributed by atoms with E-state index < -0.39 is 23.7 Å². The molecule has 0 unspecified atom stereocenters. The Morgan fingerprint density at radius 3 is 2.87 bits per heavy atom. The summed E-state index contributed by atoms with van der Waals surface area (Å²) in [5.74, 6) is -0.587. The van der Waals surface area contributed by atoms with Crippen LogP contribution in [-0.4, -0.2) is 23.4 Å². The number of nitrogens with zero attached hydrogens (tertiary/aromatic N) is 2. The van der Waals surface area contributed by atoms with E-state index in [4.69, 9.17) is 14.5 Å². The third-order valence-corrected chi connectivity index (χ3v) is 7.14. The molecule has 0 saturated heterocycles. The van der Waals surface area contributed by atoms with Crippen molar-refractivity contribution in [3.8, 4) is 5.75 Å². The molecule has 2 bridgehead atoms. The maximum atomic E-state index is 13.5. The van der Waals surface area contributed by atoms with E-state index in [1.807, 2.05) is 54.6 Å². The monoisotopic (exact) mass is 532 g/mol. The minimum Gasteiger partial charge on any atom is -0.469 e. The van der Waals surface area contributed by atoms with Crippen LogP contribution in [0.4, 0.5) is 0 Å². The second kappa shape index (κ2) is 7.05. The van der Waals surface area contributed by atoms with Crippen molar-refractivity contribution in [2.24, 2.45) is 10.9 Å². The molecule has 152 valence electrons. The zero-order valence-corrected chi connectivity index (χ0v) is 19.1. The minimum absolute atomic E-state index is 0.171. The Labute approximate surface area is 189 Å². The number of ether oxygens (including phenoxy) is 2. The highest BCUT2D eigenvalue weighted by Crippen LogP contribution is 2.47. The molecule has 30 heavy (non-hydrogen) atoms. The Balaban J connectivity index is 1.80. The van der Waals surface area contributed by atoms with Gasteiger partial charge in [-0.2, -0.15) is 0 Å². The zero-order chi connectivity index (χ0) is 21.0. The number of methoxy groups -OCH3 is 1. The molecule has 0 spiro atoms. The van der Waals surface area contributed by atoms with Crippen LogP contribution in [0.25, 0.3) is 6.08 Å². The normalized spacial score (nSPS) is 24.3. The van der Waals surface area contributed by atoms with Gasteiger partial charge in [-0.05, 0) is 59.4 Å². The fourth-order valence-corrected chi connectivity index (χ4v) is 5.85. The molecule has 6 nitrogen and oxygen atoms in total. The number of halogens is 1. The summed E-state index contributed by atoms with van der Waals surface area (Å²) in [6.07, 6.45) is 1.86. The van der Waals surface area contributed by atoms with E-state index in [2.05, 4.69) is 22.6 Å². The molecule has 5 rings (SSSR count). The van der Waals surface area contributed by atoms with E-state index in [9.17, 15) is 9.59 Å². The molecule has 2 aliphatic heterocycles. The first kappa shape index (κ1) is 19.5. The number of para-hydroxylation sites is 1. The number of hydrogen-bond acceptors (Lipinski definition) is 6. The van der Waals surface area contributed by atoms with Gasteiger partial charge in [-0.1, -0.05) is 41.7 Å². The summed E-state index contributed by atoms with van der Waals surface area (Å²) in [7, 11) is 1.34. The van der Waals surface area contributed by atoms with Crippen molar-refractivity contribution < 1.29 is 14.3 Å². The molecule has 0 N–H and O–H groups in total. The standard InChI is InChI=1S/C22H17IN2O4S/c1-22-17(20(27)28-2)18(14-8-3-4-9-15(14)29-22)25-19(26)16(30-21(25)24-22)11-12-6-5-7-13(23)10-12/h3-11,17-18H,1-2H3/b16-11+/t17-,18-,22-/m1/s1. The molecule has 2 aliphatic rings. The lowest BCUT2D eigenvalue weighted by Crippen LogP contribution is -2.58. The van der Waals surface area contributed by atoms with Gasteiger partial charge in [0.15, 0.2) is 4.80 Å². The third-order valence-electron chi connectivity index (χ3n) is 5.48. The van der Waals surface area contributed by atoms with Gasteiger partial charge in [-0.3, -0.25) is 14.2 Å². The number of rotatable bonds is 2. The molecule has 0 aliphatic carbocycles. The number of carbonyl (C=O) groups excluding carboxylic acids is 1. The highest BCUT2D eigenvalue weighted by molar-refractivity contribution is 14.1. The van der Waals surface area contributed by atoms with Crippen LogP contribution >= 0.6 is 33.9 Å². The Bertz CT molecular complexity index is 1360. The van der Waals surface area contributed by atoms with Crippen molar-refractivity contribution in [1.82, 2.24) is 4.57 Å². The van der Waals surface area contributed by atoms with Crippen molar-refractivity contribution in [3.63, 3.8) is 0 Å². The molecule has 0 fully saturated rings. The second-order valence-electron chi connectivity index (χ2n) is 7.38. The molecule has 3 heterocycles. The molecule has 0 amide bonds. The van der Waals surface area contributed by atoms with E-state index in [1.54, 1.807) is 11.5 Å². The van der Waals surface area contributed by atoms with Crippen LogP contribution in [0.1, 0.15) is 24.1 Å². The average molecular weight is 532 g/mol. The van der Waals surface area contributed by atoms with Crippen LogP contribution in [0.15, 0.2) is 58.3 Å². The van der Waals surface area contributed by atoms with Crippen molar-refractivity contribution in [3.05, 3.63) is 82.9 Å². The topological polar surface area (TPSA) is 69.9 Å². The SMILES string of the molecule is COC(=O)[C@H]1[C@H]2c3ccccc3O[C@@]1(C)N=c1s/c(=C/c3cccc(I)c3)c(=O)n12. The second-order valence-corrected chi connectivity index (χ2v) is 9.63. The Hall–Kier alpha value is -2.46. The molecular formula is C22H17IN2O4S. The van der Waals surface area contributed by atoms with Crippen LogP contribution in [0, 0.1) is 9.49 Å². The molecule has 2 aromatic carbocycles. The summed E-state index contributed by atoms with van der Waals surface area (Å²) in [4.78, 5) is 31.5. The molecule has 0 radical (unpaired) electrons. The van der Waals surface area contributed by atoms with E-state index in [-0.39, 0.29) is 5.56 Å². The van der Waals surface area contributed by atoms with Gasteiger partial charge in [-0.25, -0.2) is 4.99 Å². The largest absolute Gasteiger partial charge is 0.469 e. The fourth-order valence-electron chi connectivity index (χ4n) is 4.18. The number of benzene rings is 2. The van der Waals surface area contributed by atoms with E-state index in [1.165, 1.54) is 18.4 Å². The highest BCUT2D eigenvalue weighted by Gasteiger charge is 2.55. The van der Waals surface area contributed by atoms with Gasteiger partial charge >= 0.3 is 5.97 Å². The van der Waals surface area contributed by atoms with Crippen molar-refractivity contribution in [1.29, 1.82) is 0 Å². The van der Waals surface area contributed by atoms with Gasteiger partial charge in [0.25, 0.3) is 5.56 Å². The van der Waals surface area contributed by atoms with E-state index >= 15 is 0 Å². The predicted molar refractivity (Wildman–Crippen MR) is 121 cm³/mol. The number of fused-ring (bicyclic) bond motifs is 6. The predicted octanol–water partition coefficient (Wildman–Crippen LogP) is 2.46. The summed E-state index contributed by atoms with van der Waals surface area (Å²) in [5, 5.41) is 0. The molecule has 1 aromatic heterocycles. The molecule has 3 aromatic rings. The lowest BCUT2D eigenvalue weighted by atomic mass is 9.81. The minimum atomic E-state index is -1.15. The third kappa shape index (κ3) is 2.92. The maximum absolute atomic E-state index is 13.5. The van der Waals surface area contributed by atoms with Gasteiger partial charge in [0.2, 0.25) is 5.72 Å². The fraction of sp³-hybridized carbons (Fsp3) is 0.227. The first-order valence-corrected chi connectivity index (χ1v) is 11.2. The number of hydrogen-bond donors (Lipinski definition) is 0. The Morgan fingerprint density at radius 1 is 1.30 bits per heavy atom. The zero-order valence-electron chi connectivity index (χ0n) is 16.2. The summed E-state index contributed by atoms with van der Waals surface area (Å²) >= 11 is 3.55. The lowest BCUT2D eigenvalue weighted by Gasteiger charge is -2.44. The molecule has 0 saturated carbocycles. The van der Waals surface area contributed by atoms with Crippen molar-refractivity contribution >= 4 is 46.0 Å². The van der Waals surface area contributed by atoms with Crippen molar-refractivity contribution in [2.75, 3.05) is 7.11 Å². The molecule has 3 atom stereocenters. The van der Waals surface area contributed by atoms with Crippen LogP contribution in [0.5, 0.6) is 5.75 Å². The van der Waals surface area contributed by atoms with Gasteiger partial charge < -0.3 is 9.47 Å². The van der Waals surface area contributed by atoms with Gasteiger partial charge in [0.05, 0.1) is 17.7 Å². The number of carbonyl (C=O) groups is 1. The first-order chi connectivity index (χ1) is 14.4. The summed E-state index contributed by atoms with van der Waals surface area (Å²) in [6.45, 7) is 1.77. The lowest BCUT2D eigenvalue weighted by molar-refractivity contribution is -0.158. The first-order valence-electron chi connectivity index (χ1n) is 9.35. The molecular weight excluding hydrogens is 515 g/mol. The average Bonchev–Trinajstić information content (AvgIpc) is 3.00. The summed E-state index contributed by atoms with van der Waals surface area (Å²) in [5.41, 5.74) is 0.397. The van der Waals surface area contributed by atoms with Gasteiger partial charge in [-0.15, -0.1) is 0 Å². The van der Waals surface area contributed by atoms with E-state index in [0.717, 1.165) is 14.7 Å². The maximum Gasteiger partial charge on any atom is 0.317 e. The van der Waals surface area contributed by atoms with E-state index in [0.29, 0.717) is 15.1 Å². The van der Waals surface area contributed by atoms with Crippen LogP contribution in [0.2, 0.25) is 0 Å². The Morgan fingerprint density at radius 2 is 2.10 bits per heavy atom. The number of aromatic nitrogens is 1. The highest BCUT2D eigenvalue weighted by atomic mass is 127. The van der Waals surface area contributed by atoms with Gasteiger partial charge in [0, 0.05) is 9.13 Å². The number of thiazole rings is 1. The quantitative estimate of drug-likeness (QED) is 0.376. The smallest absolute Gasteiger partial charge is 0.317 e.